The van der Waals surface area contributed by atoms with Crippen LogP contribution in [0.4, 0.5) is 16.5 Å². The fourth-order valence-corrected chi connectivity index (χ4v) is 4.20. The van der Waals surface area contributed by atoms with Gasteiger partial charge in [0.15, 0.2) is 0 Å². The van der Waals surface area contributed by atoms with E-state index in [1.165, 1.54) is 11.3 Å². The number of nitrogens with one attached hydrogen (secondary N) is 2. The van der Waals surface area contributed by atoms with Crippen LogP contribution in [-0.4, -0.2) is 34.5 Å². The van der Waals surface area contributed by atoms with E-state index in [9.17, 15) is 14.4 Å². The molecule has 2 N–H and O–H groups in total. The summed E-state index contributed by atoms with van der Waals surface area (Å²) in [4.78, 5) is 38.8. The van der Waals surface area contributed by atoms with Gasteiger partial charge >= 0.3 is 0 Å². The highest BCUT2D eigenvalue weighted by Gasteiger charge is 2.33. The number of para-hydroxylation sites is 1. The molecule has 0 aliphatic carbocycles. The maximum absolute atomic E-state index is 12.7. The lowest BCUT2D eigenvalue weighted by Crippen LogP contribution is -2.24. The third-order valence-corrected chi connectivity index (χ3v) is 6.12. The lowest BCUT2D eigenvalue weighted by Gasteiger charge is -2.15. The number of nitrogens with zero attached hydrogens (tertiary/aromatic N) is 3. The zero-order chi connectivity index (χ0) is 22.7. The number of benzene rings is 2. The molecule has 0 bridgehead atoms. The summed E-state index contributed by atoms with van der Waals surface area (Å²) in [7, 11) is 0. The van der Waals surface area contributed by atoms with Crippen molar-refractivity contribution in [1.29, 1.82) is 0 Å². The third-order valence-electron chi connectivity index (χ3n) is 5.12. The largest absolute Gasteiger partial charge is 0.326 e. The fraction of sp³-hybridized carbons (Fsp3) is 0.261. The van der Waals surface area contributed by atoms with Crippen LogP contribution in [-0.2, 0) is 9.59 Å². The van der Waals surface area contributed by atoms with Crippen LogP contribution in [0.15, 0.2) is 54.6 Å². The van der Waals surface area contributed by atoms with Gasteiger partial charge in [0.25, 0.3) is 5.91 Å². The van der Waals surface area contributed by atoms with Crippen molar-refractivity contribution in [2.45, 2.75) is 26.2 Å². The SMILES string of the molecule is CC(C)C(=O)Nc1cccc(C(=O)Nc2nnc([C@@H]3CC(=O)N(c4ccccc4)C3)s2)c1. The molecule has 1 aromatic heterocycles. The van der Waals surface area contributed by atoms with Crippen molar-refractivity contribution in [2.24, 2.45) is 5.92 Å². The van der Waals surface area contributed by atoms with E-state index in [0.29, 0.717) is 34.4 Å². The Morgan fingerprint density at radius 1 is 1.06 bits per heavy atom. The van der Waals surface area contributed by atoms with E-state index in [1.807, 2.05) is 30.3 Å². The number of hydrogen-bond donors (Lipinski definition) is 2. The van der Waals surface area contributed by atoms with E-state index in [0.717, 1.165) is 5.69 Å². The first-order chi connectivity index (χ1) is 15.4. The lowest BCUT2D eigenvalue weighted by atomic mass is 10.1. The predicted octanol–water partition coefficient (Wildman–Crippen LogP) is 3.91. The van der Waals surface area contributed by atoms with Gasteiger partial charge in [-0.2, -0.15) is 0 Å². The molecule has 9 heteroatoms. The second-order valence-corrected chi connectivity index (χ2v) is 8.87. The minimum absolute atomic E-state index is 0.0437. The second kappa shape index (κ2) is 9.27. The molecule has 0 saturated carbocycles. The van der Waals surface area contributed by atoms with Crippen molar-refractivity contribution in [3.8, 4) is 0 Å². The normalized spacial score (nSPS) is 15.8. The van der Waals surface area contributed by atoms with Gasteiger partial charge in [0.1, 0.15) is 5.01 Å². The minimum atomic E-state index is -0.346. The molecule has 1 aliphatic heterocycles. The molecule has 4 rings (SSSR count). The number of hydrogen-bond acceptors (Lipinski definition) is 6. The molecule has 1 fully saturated rings. The van der Waals surface area contributed by atoms with E-state index < -0.39 is 0 Å². The van der Waals surface area contributed by atoms with Gasteiger partial charge < -0.3 is 10.2 Å². The minimum Gasteiger partial charge on any atom is -0.326 e. The van der Waals surface area contributed by atoms with Gasteiger partial charge in [-0.1, -0.05) is 49.4 Å². The molecule has 0 unspecified atom stereocenters. The Balaban J connectivity index is 1.41. The average Bonchev–Trinajstić information content (AvgIpc) is 3.41. The smallest absolute Gasteiger partial charge is 0.257 e. The highest BCUT2D eigenvalue weighted by atomic mass is 32.1. The average molecular weight is 450 g/mol. The van der Waals surface area contributed by atoms with Gasteiger partial charge in [-0.3, -0.25) is 19.7 Å². The Kier molecular flexibility index (Phi) is 6.27. The number of amides is 3. The first kappa shape index (κ1) is 21.6. The molecule has 1 saturated heterocycles. The second-order valence-electron chi connectivity index (χ2n) is 7.87. The van der Waals surface area contributed by atoms with E-state index in [4.69, 9.17) is 0 Å². The molecule has 32 heavy (non-hydrogen) atoms. The molecule has 2 heterocycles. The van der Waals surface area contributed by atoms with Gasteiger partial charge in [0.05, 0.1) is 0 Å². The molecule has 164 valence electrons. The Morgan fingerprint density at radius 3 is 2.59 bits per heavy atom. The molecule has 3 amide bonds. The summed E-state index contributed by atoms with van der Waals surface area (Å²) in [5.41, 5.74) is 1.82. The van der Waals surface area contributed by atoms with E-state index in [2.05, 4.69) is 20.8 Å². The summed E-state index contributed by atoms with van der Waals surface area (Å²) in [5.74, 6) is -0.649. The maximum Gasteiger partial charge on any atom is 0.257 e. The van der Waals surface area contributed by atoms with E-state index >= 15 is 0 Å². The monoisotopic (exact) mass is 449 g/mol. The summed E-state index contributed by atoms with van der Waals surface area (Å²) in [6.07, 6.45) is 0.356. The zero-order valence-electron chi connectivity index (χ0n) is 17.7. The number of carbonyl (C=O) groups excluding carboxylic acids is 3. The lowest BCUT2D eigenvalue weighted by molar-refractivity contribution is -0.119. The molecule has 8 nitrogen and oxygen atoms in total. The van der Waals surface area contributed by atoms with Crippen molar-refractivity contribution in [3.05, 3.63) is 65.2 Å². The van der Waals surface area contributed by atoms with Gasteiger partial charge in [-0.15, -0.1) is 10.2 Å². The van der Waals surface area contributed by atoms with Crippen LogP contribution in [0.25, 0.3) is 0 Å². The molecular formula is C23H23N5O3S. The van der Waals surface area contributed by atoms with Crippen molar-refractivity contribution in [1.82, 2.24) is 10.2 Å². The summed E-state index contributed by atoms with van der Waals surface area (Å²) in [6, 6.07) is 16.2. The van der Waals surface area contributed by atoms with Gasteiger partial charge in [-0.05, 0) is 30.3 Å². The topological polar surface area (TPSA) is 104 Å². The molecule has 0 radical (unpaired) electrons. The number of anilines is 3. The van der Waals surface area contributed by atoms with Crippen LogP contribution < -0.4 is 15.5 Å². The molecule has 1 aliphatic rings. The number of aromatic nitrogens is 2. The highest BCUT2D eigenvalue weighted by Crippen LogP contribution is 2.34. The molecule has 3 aromatic rings. The van der Waals surface area contributed by atoms with E-state index in [1.54, 1.807) is 43.0 Å². The summed E-state index contributed by atoms with van der Waals surface area (Å²) in [5, 5.41) is 14.9. The summed E-state index contributed by atoms with van der Waals surface area (Å²) >= 11 is 1.27. The first-order valence-electron chi connectivity index (χ1n) is 10.3. The van der Waals surface area contributed by atoms with Crippen LogP contribution in [0.2, 0.25) is 0 Å². The van der Waals surface area contributed by atoms with Crippen LogP contribution in [0, 0.1) is 5.92 Å². The van der Waals surface area contributed by atoms with Crippen molar-refractivity contribution >= 4 is 45.6 Å². The maximum atomic E-state index is 12.7. The zero-order valence-corrected chi connectivity index (χ0v) is 18.6. The van der Waals surface area contributed by atoms with Gasteiger partial charge in [-0.25, -0.2) is 0 Å². The predicted molar refractivity (Wildman–Crippen MR) is 124 cm³/mol. The van der Waals surface area contributed by atoms with Crippen LogP contribution in [0.1, 0.15) is 41.6 Å². The molecule has 0 spiro atoms. The highest BCUT2D eigenvalue weighted by molar-refractivity contribution is 7.15. The summed E-state index contributed by atoms with van der Waals surface area (Å²) in [6.45, 7) is 4.13. The van der Waals surface area contributed by atoms with Crippen LogP contribution in [0.5, 0.6) is 0 Å². The third kappa shape index (κ3) is 4.83. The quantitative estimate of drug-likeness (QED) is 0.594. The van der Waals surface area contributed by atoms with E-state index in [-0.39, 0.29) is 29.6 Å². The molecular weight excluding hydrogens is 426 g/mol. The van der Waals surface area contributed by atoms with Crippen LogP contribution >= 0.6 is 11.3 Å². The Morgan fingerprint density at radius 2 is 1.84 bits per heavy atom. The Bertz CT molecular complexity index is 1150. The fourth-order valence-electron chi connectivity index (χ4n) is 3.37. The van der Waals surface area contributed by atoms with Gasteiger partial charge in [0, 0.05) is 41.7 Å². The van der Waals surface area contributed by atoms with Crippen molar-refractivity contribution < 1.29 is 14.4 Å². The molecule has 2 aromatic carbocycles. The number of carbonyl (C=O) groups is 3. The Hall–Kier alpha value is -3.59. The summed E-state index contributed by atoms with van der Waals surface area (Å²) < 4.78 is 0. The van der Waals surface area contributed by atoms with Crippen molar-refractivity contribution in [3.63, 3.8) is 0 Å². The van der Waals surface area contributed by atoms with Gasteiger partial charge in [0.2, 0.25) is 16.9 Å². The molecule has 1 atom stereocenters. The first-order valence-corrected chi connectivity index (χ1v) is 11.1. The standard InChI is InChI=1S/C23H23N5O3S/c1-14(2)20(30)24-17-8-6-7-15(11-17)21(31)25-23-27-26-22(32-23)16-12-19(29)28(13-16)18-9-4-3-5-10-18/h3-11,14,16H,12-13H2,1-2H3,(H,24,30)(H,25,27,31)/t16-/m1/s1. The number of rotatable bonds is 6. The van der Waals surface area contributed by atoms with Crippen LogP contribution in [0.3, 0.4) is 0 Å². The van der Waals surface area contributed by atoms with Crippen molar-refractivity contribution in [2.75, 3.05) is 22.1 Å². The Labute approximate surface area is 189 Å².